The summed E-state index contributed by atoms with van der Waals surface area (Å²) in [5.74, 6) is 3.89. The largest absolute Gasteiger partial charge is 0.157 e. The molecule has 0 aromatic rings. The molecule has 0 amide bonds. The quantitative estimate of drug-likeness (QED) is 0.366. The van der Waals surface area contributed by atoms with Crippen LogP contribution in [0.2, 0.25) is 0 Å². The smallest absolute Gasteiger partial charge is 0.0138 e. The van der Waals surface area contributed by atoms with E-state index >= 15 is 0 Å². The maximum atomic E-state index is 2.46. The molecule has 3 unspecified atom stereocenters. The molecule has 17 heavy (non-hydrogen) atoms. The highest BCUT2D eigenvalue weighted by molar-refractivity contribution is 8.07. The van der Waals surface area contributed by atoms with Crippen molar-refractivity contribution in [2.24, 2.45) is 5.92 Å². The van der Waals surface area contributed by atoms with Crippen LogP contribution in [0.15, 0.2) is 0 Å². The molecule has 0 aliphatic carbocycles. The van der Waals surface area contributed by atoms with Gasteiger partial charge in [-0.3, -0.25) is 0 Å². The van der Waals surface area contributed by atoms with Gasteiger partial charge in [0, 0.05) is 22.0 Å². The standard InChI is InChI=1S/C15H28S2/c1-13(8-6-10-15-12-17-15)7-4-2-3-5-9-14-11-16-14/h13-15H,2-12H2,1H3. The Hall–Kier alpha value is 0.700. The Kier molecular flexibility index (Phi) is 6.63. The van der Waals surface area contributed by atoms with E-state index in [1.807, 2.05) is 0 Å². The van der Waals surface area contributed by atoms with Crippen LogP contribution in [-0.2, 0) is 0 Å². The monoisotopic (exact) mass is 272 g/mol. The van der Waals surface area contributed by atoms with Gasteiger partial charge in [0.05, 0.1) is 0 Å². The number of thioether (sulfide) groups is 2. The third-order valence-corrected chi connectivity index (χ3v) is 6.08. The lowest BCUT2D eigenvalue weighted by molar-refractivity contribution is 0.440. The Morgan fingerprint density at radius 1 is 0.824 bits per heavy atom. The molecule has 0 nitrogen and oxygen atoms in total. The molecule has 0 aromatic carbocycles. The van der Waals surface area contributed by atoms with E-state index in [-0.39, 0.29) is 0 Å². The van der Waals surface area contributed by atoms with Crippen LogP contribution in [0.4, 0.5) is 0 Å². The van der Waals surface area contributed by atoms with Gasteiger partial charge in [0.15, 0.2) is 0 Å². The van der Waals surface area contributed by atoms with Gasteiger partial charge in [-0.2, -0.15) is 23.5 Å². The molecule has 2 rings (SSSR count). The zero-order valence-electron chi connectivity index (χ0n) is 11.3. The molecule has 0 saturated carbocycles. The SMILES string of the molecule is CC(CCCCCCC1CS1)CCCC1CS1. The first-order valence-electron chi connectivity index (χ1n) is 7.58. The van der Waals surface area contributed by atoms with Crippen molar-refractivity contribution in [3.63, 3.8) is 0 Å². The van der Waals surface area contributed by atoms with Crippen molar-refractivity contribution in [1.29, 1.82) is 0 Å². The maximum Gasteiger partial charge on any atom is 0.0138 e. The molecular weight excluding hydrogens is 244 g/mol. The maximum absolute atomic E-state index is 2.46. The van der Waals surface area contributed by atoms with Crippen molar-refractivity contribution in [3.05, 3.63) is 0 Å². The van der Waals surface area contributed by atoms with E-state index in [1.54, 1.807) is 0 Å². The Bertz CT molecular complexity index is 197. The van der Waals surface area contributed by atoms with Crippen molar-refractivity contribution in [2.45, 2.75) is 75.2 Å². The second-order valence-electron chi connectivity index (χ2n) is 5.94. The molecule has 2 saturated heterocycles. The van der Waals surface area contributed by atoms with Crippen molar-refractivity contribution >= 4 is 23.5 Å². The summed E-state index contributed by atoms with van der Waals surface area (Å²) in [6.45, 7) is 2.46. The highest BCUT2D eigenvalue weighted by Gasteiger charge is 2.21. The Balaban J connectivity index is 1.30. The number of rotatable bonds is 11. The summed E-state index contributed by atoms with van der Waals surface area (Å²) >= 11 is 4.30. The molecule has 0 N–H and O–H groups in total. The lowest BCUT2D eigenvalue weighted by Gasteiger charge is -2.10. The fourth-order valence-electron chi connectivity index (χ4n) is 2.53. The Morgan fingerprint density at radius 3 is 2.00 bits per heavy atom. The van der Waals surface area contributed by atoms with E-state index in [0.717, 1.165) is 16.4 Å². The highest BCUT2D eigenvalue weighted by Crippen LogP contribution is 2.35. The van der Waals surface area contributed by atoms with Gasteiger partial charge in [0.1, 0.15) is 0 Å². The van der Waals surface area contributed by atoms with Crippen molar-refractivity contribution in [1.82, 2.24) is 0 Å². The van der Waals surface area contributed by atoms with Gasteiger partial charge in [-0.05, 0) is 18.8 Å². The van der Waals surface area contributed by atoms with Crippen molar-refractivity contribution in [2.75, 3.05) is 11.5 Å². The van der Waals surface area contributed by atoms with E-state index < -0.39 is 0 Å². The van der Waals surface area contributed by atoms with Crippen LogP contribution in [0.3, 0.4) is 0 Å². The minimum Gasteiger partial charge on any atom is -0.157 e. The molecule has 0 aromatic heterocycles. The lowest BCUT2D eigenvalue weighted by atomic mass is 9.96. The first kappa shape index (κ1) is 14.1. The average molecular weight is 273 g/mol. The molecule has 0 spiro atoms. The van der Waals surface area contributed by atoms with Crippen LogP contribution in [0.25, 0.3) is 0 Å². The zero-order chi connectivity index (χ0) is 11.9. The Morgan fingerprint density at radius 2 is 1.35 bits per heavy atom. The van der Waals surface area contributed by atoms with Crippen molar-refractivity contribution in [3.8, 4) is 0 Å². The third kappa shape index (κ3) is 7.66. The normalized spacial score (nSPS) is 28.1. The van der Waals surface area contributed by atoms with Gasteiger partial charge in [0.25, 0.3) is 0 Å². The molecule has 2 fully saturated rings. The van der Waals surface area contributed by atoms with E-state index in [0.29, 0.717) is 0 Å². The molecule has 0 bridgehead atoms. The molecule has 2 heteroatoms. The van der Waals surface area contributed by atoms with E-state index in [2.05, 4.69) is 30.4 Å². The second-order valence-corrected chi connectivity index (χ2v) is 8.60. The molecule has 2 heterocycles. The van der Waals surface area contributed by atoms with Gasteiger partial charge in [-0.25, -0.2) is 0 Å². The Labute approximate surface area is 116 Å². The molecule has 2 aliphatic heterocycles. The van der Waals surface area contributed by atoms with Gasteiger partial charge >= 0.3 is 0 Å². The summed E-state index contributed by atoms with van der Waals surface area (Å²) in [6, 6.07) is 0. The van der Waals surface area contributed by atoms with Crippen molar-refractivity contribution < 1.29 is 0 Å². The lowest BCUT2D eigenvalue weighted by Crippen LogP contribution is -1.96. The fourth-order valence-corrected chi connectivity index (χ4v) is 3.80. The van der Waals surface area contributed by atoms with E-state index in [1.165, 1.54) is 69.3 Å². The molecule has 0 radical (unpaired) electrons. The van der Waals surface area contributed by atoms with Crippen LogP contribution in [-0.4, -0.2) is 22.0 Å². The first-order valence-corrected chi connectivity index (χ1v) is 9.67. The molecule has 2 aliphatic rings. The summed E-state index contributed by atoms with van der Waals surface area (Å²) < 4.78 is 0. The van der Waals surface area contributed by atoms with Crippen LogP contribution < -0.4 is 0 Å². The van der Waals surface area contributed by atoms with Crippen LogP contribution >= 0.6 is 23.5 Å². The predicted octanol–water partition coefficient (Wildman–Crippen LogP) is 5.36. The fraction of sp³-hybridized carbons (Fsp3) is 1.00. The van der Waals surface area contributed by atoms with Crippen LogP contribution in [0.1, 0.15) is 64.7 Å². The van der Waals surface area contributed by atoms with Gasteiger partial charge in [-0.1, -0.05) is 51.9 Å². The number of hydrogen-bond donors (Lipinski definition) is 0. The molecular formula is C15H28S2. The highest BCUT2D eigenvalue weighted by atomic mass is 32.2. The minimum atomic E-state index is 0.984. The van der Waals surface area contributed by atoms with Crippen LogP contribution in [0, 0.1) is 5.92 Å². The summed E-state index contributed by atoms with van der Waals surface area (Å²) in [7, 11) is 0. The summed E-state index contributed by atoms with van der Waals surface area (Å²) in [5.41, 5.74) is 0. The van der Waals surface area contributed by atoms with Gasteiger partial charge < -0.3 is 0 Å². The average Bonchev–Trinajstić information content (AvgIpc) is 3.15. The second kappa shape index (κ2) is 7.99. The summed E-state index contributed by atoms with van der Waals surface area (Å²) in [6.07, 6.45) is 13.4. The third-order valence-electron chi connectivity index (χ3n) is 4.00. The molecule has 100 valence electrons. The summed E-state index contributed by atoms with van der Waals surface area (Å²) in [5, 5.41) is 2.12. The van der Waals surface area contributed by atoms with Gasteiger partial charge in [0.2, 0.25) is 0 Å². The first-order chi connectivity index (χ1) is 8.34. The number of hydrogen-bond acceptors (Lipinski definition) is 2. The predicted molar refractivity (Wildman–Crippen MR) is 83.2 cm³/mol. The summed E-state index contributed by atoms with van der Waals surface area (Å²) in [4.78, 5) is 0. The number of unbranched alkanes of at least 4 members (excludes halogenated alkanes) is 3. The molecule has 3 atom stereocenters. The van der Waals surface area contributed by atoms with E-state index in [9.17, 15) is 0 Å². The van der Waals surface area contributed by atoms with Gasteiger partial charge in [-0.15, -0.1) is 0 Å². The topological polar surface area (TPSA) is 0 Å². The van der Waals surface area contributed by atoms with E-state index in [4.69, 9.17) is 0 Å². The van der Waals surface area contributed by atoms with Crippen LogP contribution in [0.5, 0.6) is 0 Å². The minimum absolute atomic E-state index is 0.984. The zero-order valence-corrected chi connectivity index (χ0v) is 13.0.